The smallest absolute Gasteiger partial charge is 0.288 e. The van der Waals surface area contributed by atoms with Crippen LogP contribution in [0.25, 0.3) is 0 Å². The molecule has 0 saturated heterocycles. The molecule has 0 spiro atoms. The topological polar surface area (TPSA) is 89.8 Å². The number of methoxy groups -OCH3 is 2. The summed E-state index contributed by atoms with van der Waals surface area (Å²) in [4.78, 5) is 25.6. The van der Waals surface area contributed by atoms with Gasteiger partial charge >= 0.3 is 0 Å². The van der Waals surface area contributed by atoms with Crippen LogP contribution in [0.3, 0.4) is 0 Å². The van der Waals surface area contributed by atoms with Gasteiger partial charge in [0.05, 0.1) is 26.2 Å². The maximum atomic E-state index is 13.1. The zero-order valence-electron chi connectivity index (χ0n) is 15.8. The lowest BCUT2D eigenvalue weighted by molar-refractivity contribution is 0.0852. The summed E-state index contributed by atoms with van der Waals surface area (Å²) >= 11 is 5.91. The zero-order valence-corrected chi connectivity index (χ0v) is 16.5. The van der Waals surface area contributed by atoms with Crippen molar-refractivity contribution in [3.05, 3.63) is 77.2 Å². The molecule has 0 aliphatic rings. The van der Waals surface area contributed by atoms with E-state index < -0.39 is 12.1 Å². The number of Topliss-reactive ketones (excluding diaryl/α,β-unsaturated/α-hetero) is 1. The number of halogens is 1. The molecule has 1 heterocycles. The third-order valence-corrected chi connectivity index (χ3v) is 4.37. The van der Waals surface area contributed by atoms with E-state index in [1.165, 1.54) is 19.4 Å². The van der Waals surface area contributed by atoms with E-state index in [4.69, 9.17) is 25.5 Å². The number of nitrogens with one attached hydrogen (secondary N) is 2. The van der Waals surface area contributed by atoms with E-state index in [-0.39, 0.29) is 11.5 Å². The van der Waals surface area contributed by atoms with Gasteiger partial charge in [0.25, 0.3) is 5.91 Å². The van der Waals surface area contributed by atoms with Crippen molar-refractivity contribution in [2.24, 2.45) is 0 Å². The van der Waals surface area contributed by atoms with Crippen LogP contribution in [-0.4, -0.2) is 32.1 Å². The Hall–Kier alpha value is -3.45. The molecule has 0 unspecified atom stereocenters. The van der Waals surface area contributed by atoms with Crippen LogP contribution in [0.15, 0.2) is 65.3 Å². The van der Waals surface area contributed by atoms with Gasteiger partial charge in [-0.15, -0.1) is 0 Å². The first-order valence-electron chi connectivity index (χ1n) is 8.64. The molecule has 2 aromatic carbocycles. The predicted molar refractivity (Wildman–Crippen MR) is 109 cm³/mol. The van der Waals surface area contributed by atoms with E-state index in [2.05, 4.69) is 10.6 Å². The van der Waals surface area contributed by atoms with Crippen LogP contribution < -0.4 is 20.1 Å². The van der Waals surface area contributed by atoms with Crippen molar-refractivity contribution >= 4 is 29.0 Å². The summed E-state index contributed by atoms with van der Waals surface area (Å²) in [7, 11) is 3.04. The summed E-state index contributed by atoms with van der Waals surface area (Å²) in [5.74, 6) is 0.224. The number of hydrogen-bond donors (Lipinski definition) is 2. The lowest BCUT2D eigenvalue weighted by Crippen LogP contribution is -2.46. The minimum absolute atomic E-state index is 0.0856. The molecule has 1 aromatic heterocycles. The first-order valence-corrected chi connectivity index (χ1v) is 9.02. The number of carbonyl (C=O) groups excluding carboxylic acids is 2. The Morgan fingerprint density at radius 3 is 2.41 bits per heavy atom. The van der Waals surface area contributed by atoms with Gasteiger partial charge in [-0.3, -0.25) is 9.59 Å². The molecule has 8 heteroatoms. The molecular formula is C21H19ClN2O5. The maximum Gasteiger partial charge on any atom is 0.288 e. The molecule has 0 radical (unpaired) electrons. The number of rotatable bonds is 8. The maximum absolute atomic E-state index is 13.1. The molecule has 3 rings (SSSR count). The number of benzene rings is 2. The molecule has 0 bridgehead atoms. The highest BCUT2D eigenvalue weighted by Gasteiger charge is 2.25. The Bertz CT molecular complexity index is 987. The molecule has 29 heavy (non-hydrogen) atoms. The van der Waals surface area contributed by atoms with Crippen molar-refractivity contribution in [2.75, 3.05) is 19.5 Å². The number of ether oxygens (including phenoxy) is 2. The van der Waals surface area contributed by atoms with Crippen LogP contribution >= 0.6 is 11.6 Å². The molecule has 1 amide bonds. The minimum Gasteiger partial charge on any atom is -0.497 e. The molecule has 150 valence electrons. The highest BCUT2D eigenvalue weighted by molar-refractivity contribution is 6.30. The Balaban J connectivity index is 1.90. The lowest BCUT2D eigenvalue weighted by atomic mass is 10.1. The number of carbonyl (C=O) groups is 2. The molecule has 1 atom stereocenters. The van der Waals surface area contributed by atoms with E-state index >= 15 is 0 Å². The van der Waals surface area contributed by atoms with Crippen molar-refractivity contribution in [1.29, 1.82) is 0 Å². The van der Waals surface area contributed by atoms with Gasteiger partial charge in [0.1, 0.15) is 11.5 Å². The number of ketones is 1. The van der Waals surface area contributed by atoms with Crippen molar-refractivity contribution in [3.8, 4) is 11.5 Å². The third-order valence-electron chi connectivity index (χ3n) is 4.12. The summed E-state index contributed by atoms with van der Waals surface area (Å²) in [6.45, 7) is 0. The second-order valence-electron chi connectivity index (χ2n) is 5.97. The fraction of sp³-hybridized carbons (Fsp3) is 0.143. The van der Waals surface area contributed by atoms with Crippen molar-refractivity contribution < 1.29 is 23.5 Å². The standard InChI is InChI=1S/C21H19ClN2O5/c1-27-15-9-10-16(18(12-15)28-2)23-20(24-21(26)17-4-3-11-29-17)19(25)13-5-7-14(22)8-6-13/h3-12,20,23H,1-2H3,(H,24,26)/t20-/m1/s1. The first-order chi connectivity index (χ1) is 14.0. The Labute approximate surface area is 172 Å². The van der Waals surface area contributed by atoms with E-state index in [1.54, 1.807) is 55.6 Å². The Kier molecular flexibility index (Phi) is 6.41. The SMILES string of the molecule is COc1ccc(N[C@H](NC(=O)c2ccco2)C(=O)c2ccc(Cl)cc2)c(OC)c1. The van der Waals surface area contributed by atoms with E-state index in [0.717, 1.165) is 0 Å². The molecule has 0 aliphatic carbocycles. The van der Waals surface area contributed by atoms with Crippen molar-refractivity contribution in [3.63, 3.8) is 0 Å². The van der Waals surface area contributed by atoms with Crippen LogP contribution in [0.4, 0.5) is 5.69 Å². The van der Waals surface area contributed by atoms with E-state index in [0.29, 0.717) is 27.8 Å². The Morgan fingerprint density at radius 1 is 1.03 bits per heavy atom. The van der Waals surface area contributed by atoms with Gasteiger partial charge < -0.3 is 24.5 Å². The summed E-state index contributed by atoms with van der Waals surface area (Å²) in [6.07, 6.45) is 0.293. The van der Waals surface area contributed by atoms with Gasteiger partial charge in [-0.25, -0.2) is 0 Å². The third kappa shape index (κ3) is 4.89. The fourth-order valence-electron chi connectivity index (χ4n) is 2.63. The molecule has 0 fully saturated rings. The van der Waals surface area contributed by atoms with E-state index in [9.17, 15) is 9.59 Å². The van der Waals surface area contributed by atoms with Crippen LogP contribution in [-0.2, 0) is 0 Å². The van der Waals surface area contributed by atoms with Crippen LogP contribution in [0.5, 0.6) is 11.5 Å². The van der Waals surface area contributed by atoms with Gasteiger partial charge in [0.2, 0.25) is 5.78 Å². The highest BCUT2D eigenvalue weighted by Crippen LogP contribution is 2.29. The second-order valence-corrected chi connectivity index (χ2v) is 6.40. The normalized spacial score (nSPS) is 11.4. The average molecular weight is 415 g/mol. The van der Waals surface area contributed by atoms with Gasteiger partial charge in [0, 0.05) is 16.7 Å². The summed E-state index contributed by atoms with van der Waals surface area (Å²) in [5.41, 5.74) is 0.875. The van der Waals surface area contributed by atoms with E-state index in [1.807, 2.05) is 0 Å². The van der Waals surface area contributed by atoms with Crippen LogP contribution in [0.2, 0.25) is 5.02 Å². The summed E-state index contributed by atoms with van der Waals surface area (Å²) in [6, 6.07) is 14.6. The number of anilines is 1. The van der Waals surface area contributed by atoms with Crippen LogP contribution in [0.1, 0.15) is 20.9 Å². The van der Waals surface area contributed by atoms with Crippen molar-refractivity contribution in [2.45, 2.75) is 6.17 Å². The average Bonchev–Trinajstić information content (AvgIpc) is 3.28. The van der Waals surface area contributed by atoms with Gasteiger partial charge in [-0.1, -0.05) is 11.6 Å². The van der Waals surface area contributed by atoms with Crippen LogP contribution in [0, 0.1) is 0 Å². The number of hydrogen-bond acceptors (Lipinski definition) is 6. The molecule has 3 aromatic rings. The molecular weight excluding hydrogens is 396 g/mol. The highest BCUT2D eigenvalue weighted by atomic mass is 35.5. The molecule has 7 nitrogen and oxygen atoms in total. The fourth-order valence-corrected chi connectivity index (χ4v) is 2.76. The zero-order chi connectivity index (χ0) is 20.8. The lowest BCUT2D eigenvalue weighted by Gasteiger charge is -2.21. The van der Waals surface area contributed by atoms with Gasteiger partial charge in [-0.05, 0) is 48.5 Å². The number of furan rings is 1. The van der Waals surface area contributed by atoms with Gasteiger partial charge in [0.15, 0.2) is 11.9 Å². The predicted octanol–water partition coefficient (Wildman–Crippen LogP) is 4.00. The van der Waals surface area contributed by atoms with Crippen molar-refractivity contribution in [1.82, 2.24) is 5.32 Å². The second kappa shape index (κ2) is 9.16. The Morgan fingerprint density at radius 2 is 1.79 bits per heavy atom. The largest absolute Gasteiger partial charge is 0.497 e. The quantitative estimate of drug-likeness (QED) is 0.427. The first kappa shape index (κ1) is 20.3. The number of amides is 1. The summed E-state index contributed by atoms with van der Waals surface area (Å²) in [5, 5.41) is 6.17. The molecule has 0 saturated carbocycles. The van der Waals surface area contributed by atoms with Gasteiger partial charge in [-0.2, -0.15) is 0 Å². The molecule has 2 N–H and O–H groups in total. The minimum atomic E-state index is -1.09. The molecule has 0 aliphatic heterocycles. The summed E-state index contributed by atoms with van der Waals surface area (Å²) < 4.78 is 15.7. The monoisotopic (exact) mass is 414 g/mol.